The molecule has 3 heterocycles. The van der Waals surface area contributed by atoms with Gasteiger partial charge >= 0.3 is 0 Å². The Balaban J connectivity index is 1.55. The topological polar surface area (TPSA) is 62.7 Å². The van der Waals surface area contributed by atoms with E-state index in [-0.39, 0.29) is 17.1 Å². The lowest BCUT2D eigenvalue weighted by Gasteiger charge is -2.39. The quantitative estimate of drug-likeness (QED) is 0.741. The molecular weight excluding hydrogens is 362 g/mol. The van der Waals surface area contributed by atoms with Crippen LogP contribution in [0, 0.1) is 5.92 Å². The van der Waals surface area contributed by atoms with Gasteiger partial charge in [0.25, 0.3) is 0 Å². The predicted molar refractivity (Wildman–Crippen MR) is 97.2 cm³/mol. The molecule has 2 aliphatic rings. The van der Waals surface area contributed by atoms with Gasteiger partial charge in [-0.15, -0.1) is 0 Å². The summed E-state index contributed by atoms with van der Waals surface area (Å²) in [4.78, 5) is 6.56. The third kappa shape index (κ3) is 4.71. The number of nitrogens with zero attached hydrogens (tertiary/aromatic N) is 3. The van der Waals surface area contributed by atoms with Crippen LogP contribution in [0.3, 0.4) is 0 Å². The van der Waals surface area contributed by atoms with Crippen LogP contribution in [-0.2, 0) is 14.8 Å². The van der Waals surface area contributed by atoms with Gasteiger partial charge in [-0.05, 0) is 44.7 Å². The predicted octanol–water partition coefficient (Wildman–Crippen LogP) is 2.24. The Hall–Kier alpha value is -0.730. The van der Waals surface area contributed by atoms with Gasteiger partial charge in [-0.25, -0.2) is 13.4 Å². The second kappa shape index (κ2) is 7.88. The van der Waals surface area contributed by atoms with Crippen molar-refractivity contribution >= 4 is 21.6 Å². The van der Waals surface area contributed by atoms with E-state index in [1.165, 1.54) is 18.3 Å². The van der Waals surface area contributed by atoms with Crippen LogP contribution in [0.4, 0.5) is 0 Å². The van der Waals surface area contributed by atoms with Crippen molar-refractivity contribution in [1.29, 1.82) is 0 Å². The highest BCUT2D eigenvalue weighted by Crippen LogP contribution is 2.25. The van der Waals surface area contributed by atoms with Gasteiger partial charge in [0.15, 0.2) is 0 Å². The van der Waals surface area contributed by atoms with Crippen molar-refractivity contribution in [1.82, 2.24) is 14.2 Å². The SMILES string of the molecule is CC1CN(CC2CCN(S(=O)(=O)c3ccc(Cl)nc3)CC2)CC(C)O1. The van der Waals surface area contributed by atoms with E-state index < -0.39 is 10.0 Å². The van der Waals surface area contributed by atoms with Gasteiger partial charge in [0.1, 0.15) is 10.0 Å². The second-order valence-corrected chi connectivity index (χ2v) is 9.47. The van der Waals surface area contributed by atoms with Crippen molar-refractivity contribution in [3.05, 3.63) is 23.5 Å². The molecule has 0 aromatic carbocycles. The van der Waals surface area contributed by atoms with E-state index in [1.807, 2.05) is 0 Å². The molecule has 2 saturated heterocycles. The number of pyridine rings is 1. The summed E-state index contributed by atoms with van der Waals surface area (Å²) in [7, 11) is -3.47. The average molecular weight is 388 g/mol. The Bertz CT molecular complexity index is 665. The normalized spacial score (nSPS) is 27.5. The molecular formula is C17H26ClN3O3S. The van der Waals surface area contributed by atoms with Crippen molar-refractivity contribution < 1.29 is 13.2 Å². The number of ether oxygens (including phenoxy) is 1. The first kappa shape index (κ1) is 19.0. The Kier molecular flexibility index (Phi) is 6.00. The van der Waals surface area contributed by atoms with Crippen LogP contribution in [-0.4, -0.2) is 67.5 Å². The van der Waals surface area contributed by atoms with Crippen molar-refractivity contribution in [3.8, 4) is 0 Å². The van der Waals surface area contributed by atoms with Crippen LogP contribution < -0.4 is 0 Å². The van der Waals surface area contributed by atoms with Gasteiger partial charge in [-0.3, -0.25) is 4.90 Å². The van der Waals surface area contributed by atoms with E-state index in [0.717, 1.165) is 32.5 Å². The molecule has 140 valence electrons. The number of hydrogen-bond donors (Lipinski definition) is 0. The van der Waals surface area contributed by atoms with Crippen LogP contribution in [0.25, 0.3) is 0 Å². The maximum atomic E-state index is 12.7. The third-order valence-electron chi connectivity index (χ3n) is 4.92. The molecule has 2 unspecified atom stereocenters. The molecule has 1 aromatic rings. The number of sulfonamides is 1. The first-order valence-corrected chi connectivity index (χ1v) is 10.7. The Morgan fingerprint density at radius 1 is 1.20 bits per heavy atom. The summed E-state index contributed by atoms with van der Waals surface area (Å²) in [6.07, 6.45) is 3.64. The fourth-order valence-electron chi connectivity index (χ4n) is 3.79. The third-order valence-corrected chi connectivity index (χ3v) is 7.03. The number of piperidine rings is 1. The van der Waals surface area contributed by atoms with Gasteiger partial charge in [0.2, 0.25) is 10.0 Å². The van der Waals surface area contributed by atoms with Crippen LogP contribution in [0.15, 0.2) is 23.2 Å². The number of aromatic nitrogens is 1. The van der Waals surface area contributed by atoms with E-state index in [0.29, 0.717) is 24.2 Å². The lowest BCUT2D eigenvalue weighted by Crippen LogP contribution is -2.48. The average Bonchev–Trinajstić information content (AvgIpc) is 2.55. The molecule has 3 rings (SSSR count). The summed E-state index contributed by atoms with van der Waals surface area (Å²) in [5.41, 5.74) is 0. The number of rotatable bonds is 4. The fraction of sp³-hybridized carbons (Fsp3) is 0.706. The highest BCUT2D eigenvalue weighted by atomic mass is 35.5. The zero-order chi connectivity index (χ0) is 18.0. The summed E-state index contributed by atoms with van der Waals surface area (Å²) >= 11 is 5.75. The lowest BCUT2D eigenvalue weighted by molar-refractivity contribution is -0.0726. The van der Waals surface area contributed by atoms with Crippen LogP contribution in [0.1, 0.15) is 26.7 Å². The zero-order valence-corrected chi connectivity index (χ0v) is 16.3. The number of hydrogen-bond acceptors (Lipinski definition) is 5. The molecule has 0 amide bonds. The Labute approximate surface area is 155 Å². The van der Waals surface area contributed by atoms with Crippen LogP contribution in [0.2, 0.25) is 5.15 Å². The molecule has 2 aliphatic heterocycles. The molecule has 1 aromatic heterocycles. The van der Waals surface area contributed by atoms with Gasteiger partial charge in [0, 0.05) is 38.9 Å². The molecule has 2 fully saturated rings. The fourth-order valence-corrected chi connectivity index (χ4v) is 5.32. The highest BCUT2D eigenvalue weighted by Gasteiger charge is 2.31. The van der Waals surface area contributed by atoms with Gasteiger partial charge in [-0.2, -0.15) is 4.31 Å². The molecule has 8 heteroatoms. The summed E-state index contributed by atoms with van der Waals surface area (Å²) in [6, 6.07) is 3.04. The van der Waals surface area contributed by atoms with Crippen LogP contribution in [0.5, 0.6) is 0 Å². The van der Waals surface area contributed by atoms with E-state index >= 15 is 0 Å². The maximum absolute atomic E-state index is 12.7. The van der Waals surface area contributed by atoms with E-state index in [9.17, 15) is 8.42 Å². The minimum Gasteiger partial charge on any atom is -0.373 e. The van der Waals surface area contributed by atoms with E-state index in [2.05, 4.69) is 23.7 Å². The molecule has 0 bridgehead atoms. The molecule has 0 radical (unpaired) electrons. The van der Waals surface area contributed by atoms with Crippen molar-refractivity contribution in [2.75, 3.05) is 32.7 Å². The standard InChI is InChI=1S/C17H26ClN3O3S/c1-13-10-20(11-14(2)24-13)12-15-5-7-21(8-6-15)25(22,23)16-3-4-17(18)19-9-16/h3-4,9,13-15H,5-8,10-12H2,1-2H3. The molecule has 0 N–H and O–H groups in total. The molecule has 2 atom stereocenters. The Morgan fingerprint density at radius 3 is 2.40 bits per heavy atom. The summed E-state index contributed by atoms with van der Waals surface area (Å²) < 4.78 is 32.7. The van der Waals surface area contributed by atoms with Crippen molar-refractivity contribution in [2.24, 2.45) is 5.92 Å². The Morgan fingerprint density at radius 2 is 1.84 bits per heavy atom. The minimum absolute atomic E-state index is 0.214. The monoisotopic (exact) mass is 387 g/mol. The number of halogens is 1. The molecule has 0 saturated carbocycles. The minimum atomic E-state index is -3.47. The van der Waals surface area contributed by atoms with Crippen LogP contribution >= 0.6 is 11.6 Å². The maximum Gasteiger partial charge on any atom is 0.244 e. The lowest BCUT2D eigenvalue weighted by atomic mass is 9.97. The first-order chi connectivity index (χ1) is 11.8. The van der Waals surface area contributed by atoms with Gasteiger partial charge in [-0.1, -0.05) is 11.6 Å². The first-order valence-electron chi connectivity index (χ1n) is 8.84. The van der Waals surface area contributed by atoms with Crippen molar-refractivity contribution in [2.45, 2.75) is 43.8 Å². The smallest absolute Gasteiger partial charge is 0.244 e. The largest absolute Gasteiger partial charge is 0.373 e. The molecule has 25 heavy (non-hydrogen) atoms. The molecule has 6 nitrogen and oxygen atoms in total. The van der Waals surface area contributed by atoms with E-state index in [4.69, 9.17) is 16.3 Å². The molecule has 0 spiro atoms. The van der Waals surface area contributed by atoms with E-state index in [1.54, 1.807) is 4.31 Å². The van der Waals surface area contributed by atoms with Gasteiger partial charge in [0.05, 0.1) is 12.2 Å². The molecule has 0 aliphatic carbocycles. The highest BCUT2D eigenvalue weighted by molar-refractivity contribution is 7.89. The second-order valence-electron chi connectivity index (χ2n) is 7.14. The van der Waals surface area contributed by atoms with Crippen molar-refractivity contribution in [3.63, 3.8) is 0 Å². The summed E-state index contributed by atoms with van der Waals surface area (Å²) in [5, 5.41) is 0.298. The zero-order valence-electron chi connectivity index (χ0n) is 14.8. The summed E-state index contributed by atoms with van der Waals surface area (Å²) in [5.74, 6) is 0.535. The number of morpholine rings is 1. The summed E-state index contributed by atoms with van der Waals surface area (Å²) in [6.45, 7) is 8.28. The van der Waals surface area contributed by atoms with Gasteiger partial charge < -0.3 is 4.74 Å².